The average molecular weight is 623 g/mol. The number of carboxylic acids is 1. The summed E-state index contributed by atoms with van der Waals surface area (Å²) in [4.78, 5) is 27.0. The Balaban J connectivity index is 1.42. The van der Waals surface area contributed by atoms with Gasteiger partial charge in [0.2, 0.25) is 0 Å². The Bertz CT molecular complexity index is 1510. The highest BCUT2D eigenvalue weighted by atomic mass is 35.5. The third kappa shape index (κ3) is 6.02. The number of anilines is 1. The molecule has 2 aliphatic heterocycles. The van der Waals surface area contributed by atoms with E-state index < -0.39 is 40.9 Å². The van der Waals surface area contributed by atoms with Gasteiger partial charge in [-0.2, -0.15) is 0 Å². The molecular formula is C30H27Cl2F3N2O5. The molecule has 1 saturated heterocycles. The lowest BCUT2D eigenvalue weighted by Gasteiger charge is -2.35. The molecule has 222 valence electrons. The highest BCUT2D eigenvalue weighted by molar-refractivity contribution is 6.39. The molecule has 0 spiro atoms. The van der Waals surface area contributed by atoms with Crippen LogP contribution in [0.5, 0.6) is 5.75 Å². The number of aliphatic carboxylic acids is 1. The maximum atomic E-state index is 15.1. The largest absolute Gasteiger partial charge is 0.493 e. The lowest BCUT2D eigenvalue weighted by molar-refractivity contribution is -0.139. The molecule has 1 fully saturated rings. The Morgan fingerprint density at radius 3 is 2.43 bits per heavy atom. The Labute approximate surface area is 250 Å². The van der Waals surface area contributed by atoms with Gasteiger partial charge in [0.05, 0.1) is 29.9 Å². The van der Waals surface area contributed by atoms with Gasteiger partial charge in [-0.25, -0.2) is 18.0 Å². The summed E-state index contributed by atoms with van der Waals surface area (Å²) in [5.41, 5.74) is 1.50. The maximum absolute atomic E-state index is 15.1. The van der Waals surface area contributed by atoms with Crippen LogP contribution in [-0.4, -0.2) is 55.4 Å². The minimum atomic E-state index is -1.51. The molecular weight excluding hydrogens is 596 g/mol. The number of halogens is 5. The van der Waals surface area contributed by atoms with Gasteiger partial charge in [-0.3, -0.25) is 4.79 Å². The van der Waals surface area contributed by atoms with Crippen molar-refractivity contribution in [3.63, 3.8) is 0 Å². The van der Waals surface area contributed by atoms with Crippen LogP contribution in [0.3, 0.4) is 0 Å². The highest BCUT2D eigenvalue weighted by Gasteiger charge is 2.30. The zero-order valence-corrected chi connectivity index (χ0v) is 24.0. The fraction of sp³-hybridized carbons (Fsp3) is 0.333. The van der Waals surface area contributed by atoms with E-state index in [2.05, 4.69) is 5.32 Å². The molecule has 5 rings (SSSR count). The quantitative estimate of drug-likeness (QED) is 0.333. The lowest BCUT2D eigenvalue weighted by atomic mass is 9.90. The minimum Gasteiger partial charge on any atom is -0.493 e. The number of morpholine rings is 1. The number of ether oxygens (including phenoxy) is 2. The van der Waals surface area contributed by atoms with Crippen LogP contribution in [0.15, 0.2) is 36.4 Å². The number of carbonyl (C=O) groups excluding carboxylic acids is 1. The van der Waals surface area contributed by atoms with Crippen LogP contribution >= 0.6 is 23.2 Å². The minimum absolute atomic E-state index is 0.0814. The van der Waals surface area contributed by atoms with E-state index in [1.807, 2.05) is 6.92 Å². The third-order valence-electron chi connectivity index (χ3n) is 7.43. The van der Waals surface area contributed by atoms with Crippen molar-refractivity contribution < 1.29 is 37.3 Å². The van der Waals surface area contributed by atoms with Crippen molar-refractivity contribution in [2.24, 2.45) is 0 Å². The van der Waals surface area contributed by atoms with E-state index >= 15 is 8.78 Å². The molecule has 0 radical (unpaired) electrons. The van der Waals surface area contributed by atoms with Crippen LogP contribution in [0, 0.1) is 17.5 Å². The number of fused-ring (bicyclic) bond motifs is 1. The molecule has 0 aromatic heterocycles. The summed E-state index contributed by atoms with van der Waals surface area (Å²) in [6, 6.07) is 6.05. The number of nitrogens with one attached hydrogen (secondary N) is 1. The Hall–Kier alpha value is -3.47. The van der Waals surface area contributed by atoms with Crippen molar-refractivity contribution in [3.8, 4) is 16.9 Å². The van der Waals surface area contributed by atoms with E-state index in [-0.39, 0.29) is 28.2 Å². The van der Waals surface area contributed by atoms with Gasteiger partial charge in [0.1, 0.15) is 34.8 Å². The van der Waals surface area contributed by atoms with Gasteiger partial charge in [0.15, 0.2) is 0 Å². The molecule has 0 bridgehead atoms. The summed E-state index contributed by atoms with van der Waals surface area (Å²) < 4.78 is 55.2. The predicted octanol–water partition coefficient (Wildman–Crippen LogP) is 6.05. The smallest absolute Gasteiger partial charge is 0.326 e. The first kappa shape index (κ1) is 30.0. The number of carboxylic acid groups (broad SMARTS) is 1. The molecule has 42 heavy (non-hydrogen) atoms. The lowest BCUT2D eigenvalue weighted by Crippen LogP contribution is -2.44. The van der Waals surface area contributed by atoms with E-state index in [0.717, 1.165) is 24.3 Å². The monoisotopic (exact) mass is 622 g/mol. The van der Waals surface area contributed by atoms with Crippen LogP contribution in [0.2, 0.25) is 10.0 Å². The second-order valence-electron chi connectivity index (χ2n) is 10.2. The Morgan fingerprint density at radius 2 is 1.79 bits per heavy atom. The number of nitrogens with zero attached hydrogens (tertiary/aromatic N) is 1. The van der Waals surface area contributed by atoms with Crippen molar-refractivity contribution in [3.05, 3.63) is 80.6 Å². The number of rotatable bonds is 7. The molecule has 3 aromatic carbocycles. The van der Waals surface area contributed by atoms with Gasteiger partial charge >= 0.3 is 5.97 Å². The van der Waals surface area contributed by atoms with Gasteiger partial charge in [0, 0.05) is 35.8 Å². The molecule has 12 heteroatoms. The van der Waals surface area contributed by atoms with Crippen LogP contribution in [-0.2, 0) is 22.4 Å². The van der Waals surface area contributed by atoms with Crippen LogP contribution < -0.4 is 15.0 Å². The van der Waals surface area contributed by atoms with Gasteiger partial charge in [-0.05, 0) is 55.2 Å². The van der Waals surface area contributed by atoms with Crippen molar-refractivity contribution in [2.75, 3.05) is 31.3 Å². The van der Waals surface area contributed by atoms with E-state index in [9.17, 15) is 19.1 Å². The van der Waals surface area contributed by atoms with E-state index in [1.165, 1.54) is 0 Å². The summed E-state index contributed by atoms with van der Waals surface area (Å²) in [6.07, 6.45) is 0.980. The molecule has 2 heterocycles. The van der Waals surface area contributed by atoms with Crippen molar-refractivity contribution in [1.82, 2.24) is 5.32 Å². The topological polar surface area (TPSA) is 88.1 Å². The SMILES string of the molecule is C[C@H]1COCCN1c1cc(F)c(C(=O)N[C@@H](Cc2ccc(-c3c(Cl)cc(F)cc3Cl)c3c2CCCO3)C(=O)O)c(F)c1. The van der Waals surface area contributed by atoms with Crippen LogP contribution in [0.25, 0.3) is 11.1 Å². The fourth-order valence-corrected chi connectivity index (χ4v) is 6.09. The number of benzene rings is 3. The van der Waals surface area contributed by atoms with Gasteiger partial charge in [0.25, 0.3) is 5.91 Å². The molecule has 0 unspecified atom stereocenters. The normalized spacial score (nSPS) is 17.3. The number of hydrogen-bond donors (Lipinski definition) is 2. The van der Waals surface area contributed by atoms with Crippen molar-refractivity contribution >= 4 is 40.8 Å². The zero-order valence-electron chi connectivity index (χ0n) is 22.5. The van der Waals surface area contributed by atoms with Crippen LogP contribution in [0.4, 0.5) is 18.9 Å². The third-order valence-corrected chi connectivity index (χ3v) is 8.03. The van der Waals surface area contributed by atoms with E-state index in [1.54, 1.807) is 17.0 Å². The molecule has 2 N–H and O–H groups in total. The average Bonchev–Trinajstić information content (AvgIpc) is 2.93. The van der Waals surface area contributed by atoms with Crippen molar-refractivity contribution in [2.45, 2.75) is 38.3 Å². The molecule has 1 amide bonds. The first-order chi connectivity index (χ1) is 20.0. The van der Waals surface area contributed by atoms with Gasteiger partial charge in [-0.1, -0.05) is 35.3 Å². The predicted molar refractivity (Wildman–Crippen MR) is 152 cm³/mol. The van der Waals surface area contributed by atoms with Crippen LogP contribution in [0.1, 0.15) is 34.8 Å². The van der Waals surface area contributed by atoms with E-state index in [0.29, 0.717) is 67.2 Å². The Morgan fingerprint density at radius 1 is 1.10 bits per heavy atom. The fourth-order valence-electron chi connectivity index (χ4n) is 5.42. The summed E-state index contributed by atoms with van der Waals surface area (Å²) >= 11 is 12.6. The number of carbonyl (C=O) groups is 2. The van der Waals surface area contributed by atoms with E-state index in [4.69, 9.17) is 32.7 Å². The molecule has 7 nitrogen and oxygen atoms in total. The number of amides is 1. The highest BCUT2D eigenvalue weighted by Crippen LogP contribution is 2.44. The molecule has 0 aliphatic carbocycles. The van der Waals surface area contributed by atoms with Gasteiger partial charge < -0.3 is 24.8 Å². The zero-order chi connectivity index (χ0) is 30.1. The summed E-state index contributed by atoms with van der Waals surface area (Å²) in [7, 11) is 0. The maximum Gasteiger partial charge on any atom is 0.326 e. The molecule has 3 aromatic rings. The second-order valence-corrected chi connectivity index (χ2v) is 11.1. The molecule has 2 aliphatic rings. The standard InChI is InChI=1S/C30H27Cl2F3N2O5/c1-15-14-41-8-6-37(15)18-12-23(34)27(24(35)13-18)29(38)36-25(30(39)40)9-16-4-5-20(28-19(16)3-2-7-42-28)26-21(31)10-17(33)11-22(26)32/h4-5,10-13,15,25H,2-3,6-9,14H2,1H3,(H,36,38)(H,39,40)/t15-,25-/m0/s1. The Kier molecular flexibility index (Phi) is 8.86. The summed E-state index contributed by atoms with van der Waals surface area (Å²) in [5, 5.41) is 12.4. The summed E-state index contributed by atoms with van der Waals surface area (Å²) in [5.74, 6) is -4.96. The number of hydrogen-bond acceptors (Lipinski definition) is 5. The first-order valence-electron chi connectivity index (χ1n) is 13.3. The summed E-state index contributed by atoms with van der Waals surface area (Å²) in [6.45, 7) is 3.46. The van der Waals surface area contributed by atoms with Gasteiger partial charge in [-0.15, -0.1) is 0 Å². The molecule has 2 atom stereocenters. The van der Waals surface area contributed by atoms with Crippen molar-refractivity contribution in [1.29, 1.82) is 0 Å². The first-order valence-corrected chi connectivity index (χ1v) is 14.1. The molecule has 0 saturated carbocycles. The second kappa shape index (κ2) is 12.4.